The van der Waals surface area contributed by atoms with Crippen LogP contribution in [0.2, 0.25) is 0 Å². The molecule has 1 aliphatic rings. The summed E-state index contributed by atoms with van der Waals surface area (Å²) in [6, 6.07) is 11.1. The van der Waals surface area contributed by atoms with E-state index in [9.17, 15) is 5.11 Å². The molecular weight excluding hydrogens is 422 g/mol. The minimum Gasteiger partial charge on any atom is -0.493 e. The fourth-order valence-corrected chi connectivity index (χ4v) is 5.73. The number of ether oxygens (including phenoxy) is 4. The molecule has 1 heterocycles. The SMILES string of the molecule is COc1ccc([C@@H]2C[C@](O)(c3ccc(OC)c(OC)c3)SCCSC2=N)cc1OC. The van der Waals surface area contributed by atoms with E-state index in [1.165, 1.54) is 23.5 Å². The molecule has 0 amide bonds. The molecule has 8 heteroatoms. The zero-order chi connectivity index (χ0) is 21.7. The van der Waals surface area contributed by atoms with Gasteiger partial charge in [-0.25, -0.2) is 0 Å². The van der Waals surface area contributed by atoms with Crippen LogP contribution in [0.1, 0.15) is 23.5 Å². The van der Waals surface area contributed by atoms with Crippen molar-refractivity contribution >= 4 is 28.6 Å². The van der Waals surface area contributed by atoms with Gasteiger partial charge in [0, 0.05) is 23.8 Å². The number of thioether (sulfide) groups is 2. The Morgan fingerprint density at radius 2 is 1.47 bits per heavy atom. The van der Waals surface area contributed by atoms with Crippen LogP contribution in [0.3, 0.4) is 0 Å². The van der Waals surface area contributed by atoms with Crippen molar-refractivity contribution in [3.05, 3.63) is 47.5 Å². The van der Waals surface area contributed by atoms with E-state index in [1.54, 1.807) is 34.5 Å². The van der Waals surface area contributed by atoms with E-state index in [-0.39, 0.29) is 5.92 Å². The fourth-order valence-electron chi connectivity index (χ4n) is 3.51. The predicted molar refractivity (Wildman–Crippen MR) is 123 cm³/mol. The van der Waals surface area contributed by atoms with Crippen LogP contribution >= 0.6 is 23.5 Å². The van der Waals surface area contributed by atoms with Crippen molar-refractivity contribution in [1.29, 1.82) is 5.41 Å². The average molecular weight is 450 g/mol. The molecule has 0 saturated carbocycles. The van der Waals surface area contributed by atoms with Crippen LogP contribution < -0.4 is 18.9 Å². The average Bonchev–Trinajstić information content (AvgIpc) is 2.78. The molecule has 1 saturated heterocycles. The van der Waals surface area contributed by atoms with E-state index < -0.39 is 4.93 Å². The Hall–Kier alpha value is -2.03. The Kier molecular flexibility index (Phi) is 7.44. The summed E-state index contributed by atoms with van der Waals surface area (Å²) in [5.74, 6) is 3.63. The molecule has 0 unspecified atom stereocenters. The van der Waals surface area contributed by atoms with Gasteiger partial charge in [-0.1, -0.05) is 12.1 Å². The van der Waals surface area contributed by atoms with Gasteiger partial charge in [0.2, 0.25) is 0 Å². The molecule has 0 radical (unpaired) electrons. The maximum Gasteiger partial charge on any atom is 0.161 e. The van der Waals surface area contributed by atoms with Gasteiger partial charge < -0.3 is 24.1 Å². The first-order chi connectivity index (χ1) is 14.5. The standard InChI is InChI=1S/C22H27NO5S2/c1-25-17-7-5-14(11-19(17)27-3)16-13-22(24,30-10-9-29-21(16)23)15-6-8-18(26-2)20(12-15)28-4/h5-8,11-12,16,23-24H,9-10,13H2,1-4H3/t16-,22+/m0/s1. The van der Waals surface area contributed by atoms with Gasteiger partial charge in [-0.2, -0.15) is 0 Å². The Balaban J connectivity index is 2.01. The Morgan fingerprint density at radius 1 is 0.867 bits per heavy atom. The highest BCUT2D eigenvalue weighted by Crippen LogP contribution is 2.48. The summed E-state index contributed by atoms with van der Waals surface area (Å²) in [6.45, 7) is 0. The molecule has 3 rings (SSSR count). The molecule has 6 nitrogen and oxygen atoms in total. The first-order valence-corrected chi connectivity index (χ1v) is 11.4. The molecule has 0 aromatic heterocycles. The van der Waals surface area contributed by atoms with Crippen LogP contribution in [-0.2, 0) is 4.93 Å². The molecule has 2 aromatic carbocycles. The summed E-state index contributed by atoms with van der Waals surface area (Å²) in [5, 5.41) is 20.9. The zero-order valence-electron chi connectivity index (χ0n) is 17.6. The number of rotatable bonds is 6. The molecule has 1 fully saturated rings. The van der Waals surface area contributed by atoms with Crippen molar-refractivity contribution in [1.82, 2.24) is 0 Å². The summed E-state index contributed by atoms with van der Waals surface area (Å²) < 4.78 is 21.6. The van der Waals surface area contributed by atoms with Gasteiger partial charge in [0.25, 0.3) is 0 Å². The third kappa shape index (κ3) is 4.66. The quantitative estimate of drug-likeness (QED) is 0.672. The molecule has 0 aliphatic carbocycles. The summed E-state index contributed by atoms with van der Waals surface area (Å²) in [4.78, 5) is -1.18. The van der Waals surface area contributed by atoms with Crippen molar-refractivity contribution in [2.45, 2.75) is 17.3 Å². The van der Waals surface area contributed by atoms with E-state index in [1.807, 2.05) is 30.3 Å². The van der Waals surface area contributed by atoms with Crippen LogP contribution in [0.25, 0.3) is 0 Å². The highest BCUT2D eigenvalue weighted by molar-refractivity contribution is 8.14. The third-order valence-corrected chi connectivity index (χ3v) is 7.67. The maximum atomic E-state index is 11.7. The number of aliphatic hydroxyl groups is 1. The largest absolute Gasteiger partial charge is 0.493 e. The van der Waals surface area contributed by atoms with Crippen LogP contribution in [0, 0.1) is 5.41 Å². The van der Waals surface area contributed by atoms with Crippen LogP contribution in [0.4, 0.5) is 0 Å². The summed E-state index contributed by atoms with van der Waals surface area (Å²) in [7, 11) is 6.35. The lowest BCUT2D eigenvalue weighted by Gasteiger charge is -2.34. The maximum absolute atomic E-state index is 11.7. The van der Waals surface area contributed by atoms with Crippen LogP contribution in [0.15, 0.2) is 36.4 Å². The van der Waals surface area contributed by atoms with E-state index in [2.05, 4.69) is 0 Å². The lowest BCUT2D eigenvalue weighted by atomic mass is 9.90. The highest BCUT2D eigenvalue weighted by atomic mass is 32.2. The van der Waals surface area contributed by atoms with Crippen molar-refractivity contribution in [3.63, 3.8) is 0 Å². The minimum atomic E-state index is -1.18. The molecule has 0 bridgehead atoms. The summed E-state index contributed by atoms with van der Waals surface area (Å²) >= 11 is 3.01. The molecule has 1 aliphatic heterocycles. The second-order valence-electron chi connectivity index (χ2n) is 6.79. The molecule has 162 valence electrons. The topological polar surface area (TPSA) is 81.0 Å². The number of hydrogen-bond donors (Lipinski definition) is 2. The Labute approximate surface area is 185 Å². The Morgan fingerprint density at radius 3 is 2.10 bits per heavy atom. The third-order valence-electron chi connectivity index (χ3n) is 5.12. The number of methoxy groups -OCH3 is 4. The van der Waals surface area contributed by atoms with Gasteiger partial charge >= 0.3 is 0 Å². The lowest BCUT2D eigenvalue weighted by Crippen LogP contribution is -2.29. The van der Waals surface area contributed by atoms with Gasteiger partial charge in [-0.15, -0.1) is 23.5 Å². The van der Waals surface area contributed by atoms with Gasteiger partial charge in [0.15, 0.2) is 23.0 Å². The minimum absolute atomic E-state index is 0.277. The zero-order valence-corrected chi connectivity index (χ0v) is 19.2. The van der Waals surface area contributed by atoms with Crippen molar-refractivity contribution in [3.8, 4) is 23.0 Å². The van der Waals surface area contributed by atoms with Crippen molar-refractivity contribution in [2.24, 2.45) is 0 Å². The number of benzene rings is 2. The van der Waals surface area contributed by atoms with Gasteiger partial charge in [-0.05, 0) is 35.4 Å². The van der Waals surface area contributed by atoms with Gasteiger partial charge in [0.1, 0.15) is 4.93 Å². The predicted octanol–water partition coefficient (Wildman–Crippen LogP) is 4.50. The molecular formula is C22H27NO5S2. The van der Waals surface area contributed by atoms with E-state index in [0.717, 1.165) is 22.6 Å². The Bertz CT molecular complexity index is 907. The highest BCUT2D eigenvalue weighted by Gasteiger charge is 2.38. The second kappa shape index (κ2) is 9.85. The van der Waals surface area contributed by atoms with E-state index in [4.69, 9.17) is 24.4 Å². The van der Waals surface area contributed by atoms with E-state index in [0.29, 0.717) is 34.5 Å². The first-order valence-electron chi connectivity index (χ1n) is 9.47. The molecule has 2 aromatic rings. The lowest BCUT2D eigenvalue weighted by molar-refractivity contribution is 0.124. The van der Waals surface area contributed by atoms with Gasteiger partial charge in [-0.3, -0.25) is 5.41 Å². The smallest absolute Gasteiger partial charge is 0.161 e. The summed E-state index contributed by atoms with van der Waals surface area (Å²) in [6.07, 6.45) is 0.356. The van der Waals surface area contributed by atoms with Crippen molar-refractivity contribution < 1.29 is 24.1 Å². The monoisotopic (exact) mass is 449 g/mol. The van der Waals surface area contributed by atoms with Crippen LogP contribution in [0.5, 0.6) is 23.0 Å². The molecule has 30 heavy (non-hydrogen) atoms. The second-order valence-corrected chi connectivity index (χ2v) is 9.30. The molecule has 2 N–H and O–H groups in total. The van der Waals surface area contributed by atoms with Crippen LogP contribution in [-0.4, -0.2) is 50.1 Å². The summed E-state index contributed by atoms with van der Waals surface area (Å²) in [5.41, 5.74) is 1.64. The fraction of sp³-hybridized carbons (Fsp3) is 0.409. The number of hydrogen-bond acceptors (Lipinski definition) is 8. The van der Waals surface area contributed by atoms with Gasteiger partial charge in [0.05, 0.1) is 33.5 Å². The molecule has 2 atom stereocenters. The number of nitrogens with one attached hydrogen (secondary N) is 1. The molecule has 0 spiro atoms. The first kappa shape index (κ1) is 22.7. The normalized spacial score (nSPS) is 22.0. The van der Waals surface area contributed by atoms with E-state index >= 15 is 0 Å². The van der Waals surface area contributed by atoms with Crippen molar-refractivity contribution in [2.75, 3.05) is 39.9 Å².